The van der Waals surface area contributed by atoms with Gasteiger partial charge in [0, 0.05) is 6.04 Å². The van der Waals surface area contributed by atoms with Crippen molar-refractivity contribution in [3.63, 3.8) is 0 Å². The zero-order valence-corrected chi connectivity index (χ0v) is 6.85. The monoisotopic (exact) mass is 155 g/mol. The van der Waals surface area contributed by atoms with Crippen LogP contribution in [0.5, 0.6) is 0 Å². The third-order valence-electron chi connectivity index (χ3n) is 1.42. The minimum Gasteiger partial charge on any atom is -0.306 e. The summed E-state index contributed by atoms with van der Waals surface area (Å²) in [6.07, 6.45) is 2.54. The topological polar surface area (TPSA) is 64.9 Å². The van der Waals surface area contributed by atoms with Gasteiger partial charge in [0.1, 0.15) is 0 Å². The first-order chi connectivity index (χ1) is 5.20. The van der Waals surface area contributed by atoms with Crippen LogP contribution in [0.2, 0.25) is 0 Å². The fourth-order valence-corrected chi connectivity index (χ4v) is 0.518. The smallest absolute Gasteiger partial charge is 0.246 e. The highest BCUT2D eigenvalue weighted by Crippen LogP contribution is 1.85. The van der Waals surface area contributed by atoms with Crippen molar-refractivity contribution in [2.45, 2.75) is 26.3 Å². The van der Waals surface area contributed by atoms with Crippen molar-refractivity contribution >= 4 is 5.91 Å². The Bertz CT molecular complexity index is 162. The van der Waals surface area contributed by atoms with Crippen LogP contribution in [-0.4, -0.2) is 18.5 Å². The molecule has 1 atom stereocenters. The maximum atomic E-state index is 10.7. The van der Waals surface area contributed by atoms with E-state index in [9.17, 15) is 4.79 Å². The Kier molecular flexibility index (Phi) is 5.13. The second-order valence-corrected chi connectivity index (χ2v) is 2.35. The zero-order valence-electron chi connectivity index (χ0n) is 6.85. The molecule has 62 valence electrons. The second-order valence-electron chi connectivity index (χ2n) is 2.35. The van der Waals surface area contributed by atoms with Crippen molar-refractivity contribution < 1.29 is 4.79 Å². The molecular weight excluding hydrogens is 142 g/mol. The van der Waals surface area contributed by atoms with E-state index in [0.29, 0.717) is 6.04 Å². The first-order valence-electron chi connectivity index (χ1n) is 3.62. The first kappa shape index (κ1) is 9.92. The van der Waals surface area contributed by atoms with Gasteiger partial charge in [0.25, 0.3) is 0 Å². The summed E-state index contributed by atoms with van der Waals surface area (Å²) in [5.41, 5.74) is 0. The highest BCUT2D eigenvalue weighted by atomic mass is 16.1. The molecule has 2 N–H and O–H groups in total. The number of carbonyl (C=O) groups is 1. The summed E-state index contributed by atoms with van der Waals surface area (Å²) >= 11 is 0. The lowest BCUT2D eigenvalue weighted by Crippen LogP contribution is -2.35. The van der Waals surface area contributed by atoms with Crippen LogP contribution in [0.3, 0.4) is 0 Å². The van der Waals surface area contributed by atoms with Crippen LogP contribution < -0.4 is 10.6 Å². The molecule has 0 aliphatic carbocycles. The minimum absolute atomic E-state index is 0.211. The molecule has 0 heterocycles. The Balaban J connectivity index is 3.39. The Morgan fingerprint density at radius 3 is 2.82 bits per heavy atom. The number of amides is 1. The maximum Gasteiger partial charge on any atom is 0.246 e. The lowest BCUT2D eigenvalue weighted by Gasteiger charge is -2.08. The fraction of sp³-hybridized carbons (Fsp3) is 0.714. The van der Waals surface area contributed by atoms with Crippen LogP contribution in [0, 0.1) is 11.5 Å². The zero-order chi connectivity index (χ0) is 8.69. The normalized spacial score (nSPS) is 11.7. The van der Waals surface area contributed by atoms with Gasteiger partial charge in [-0.1, -0.05) is 6.92 Å². The van der Waals surface area contributed by atoms with E-state index in [2.05, 4.69) is 5.32 Å². The van der Waals surface area contributed by atoms with Gasteiger partial charge in [-0.15, -0.1) is 0 Å². The number of nitrogens with zero attached hydrogens (tertiary/aromatic N) is 1. The summed E-state index contributed by atoms with van der Waals surface area (Å²) in [5, 5.41) is 13.0. The van der Waals surface area contributed by atoms with E-state index in [0.717, 1.165) is 6.42 Å². The number of rotatable bonds is 4. The molecule has 0 aliphatic heterocycles. The number of hydrogen-bond acceptors (Lipinski definition) is 3. The Labute approximate surface area is 66.6 Å². The standard InChI is InChI=1S/C7H13N3O/c1-3-6(2)9-4-7(11)10-5-8/h6,9H,3-4H2,1-2H3,(H,10,11). The summed E-state index contributed by atoms with van der Waals surface area (Å²) < 4.78 is 0. The molecular formula is C7H13N3O. The lowest BCUT2D eigenvalue weighted by molar-refractivity contribution is -0.119. The predicted octanol–water partition coefficient (Wildman–Crippen LogP) is -0.0282. The van der Waals surface area contributed by atoms with Crippen molar-refractivity contribution in [1.82, 2.24) is 10.6 Å². The number of nitriles is 1. The Hall–Kier alpha value is -1.08. The SMILES string of the molecule is CCC(C)NCC(=O)NC#N. The molecule has 4 heteroatoms. The van der Waals surface area contributed by atoms with Crippen molar-refractivity contribution in [3.05, 3.63) is 0 Å². The van der Waals surface area contributed by atoms with Crippen LogP contribution in [0.4, 0.5) is 0 Å². The van der Waals surface area contributed by atoms with Gasteiger partial charge in [-0.2, -0.15) is 5.26 Å². The van der Waals surface area contributed by atoms with E-state index in [4.69, 9.17) is 5.26 Å². The molecule has 0 saturated carbocycles. The van der Waals surface area contributed by atoms with E-state index in [1.807, 2.05) is 19.2 Å². The summed E-state index contributed by atoms with van der Waals surface area (Å²) in [5.74, 6) is -0.284. The van der Waals surface area contributed by atoms with E-state index in [1.54, 1.807) is 6.19 Å². The molecule has 0 aliphatic rings. The van der Waals surface area contributed by atoms with Crippen molar-refractivity contribution in [2.24, 2.45) is 0 Å². The van der Waals surface area contributed by atoms with Crippen molar-refractivity contribution in [3.8, 4) is 6.19 Å². The number of carbonyl (C=O) groups excluding carboxylic acids is 1. The van der Waals surface area contributed by atoms with Gasteiger partial charge in [0.15, 0.2) is 6.19 Å². The molecule has 11 heavy (non-hydrogen) atoms. The molecule has 0 bridgehead atoms. The van der Waals surface area contributed by atoms with Gasteiger partial charge in [-0.05, 0) is 13.3 Å². The number of hydrogen-bond donors (Lipinski definition) is 2. The van der Waals surface area contributed by atoms with Crippen LogP contribution in [0.25, 0.3) is 0 Å². The maximum absolute atomic E-state index is 10.7. The van der Waals surface area contributed by atoms with Crippen molar-refractivity contribution in [1.29, 1.82) is 5.26 Å². The third kappa shape index (κ3) is 5.37. The van der Waals surface area contributed by atoms with Crippen molar-refractivity contribution in [2.75, 3.05) is 6.54 Å². The molecule has 4 nitrogen and oxygen atoms in total. The first-order valence-corrected chi connectivity index (χ1v) is 3.62. The van der Waals surface area contributed by atoms with E-state index in [1.165, 1.54) is 0 Å². The largest absolute Gasteiger partial charge is 0.306 e. The molecule has 0 aromatic carbocycles. The molecule has 0 aromatic rings. The van der Waals surface area contributed by atoms with E-state index in [-0.39, 0.29) is 12.5 Å². The predicted molar refractivity (Wildman–Crippen MR) is 41.5 cm³/mol. The van der Waals surface area contributed by atoms with Crippen LogP contribution in [-0.2, 0) is 4.79 Å². The minimum atomic E-state index is -0.284. The summed E-state index contributed by atoms with van der Waals surface area (Å²) in [6, 6.07) is 0.319. The van der Waals surface area contributed by atoms with Gasteiger partial charge in [0.05, 0.1) is 6.54 Å². The Morgan fingerprint density at radius 2 is 2.36 bits per heavy atom. The second kappa shape index (κ2) is 5.69. The van der Waals surface area contributed by atoms with E-state index >= 15 is 0 Å². The number of nitrogens with one attached hydrogen (secondary N) is 2. The van der Waals surface area contributed by atoms with E-state index < -0.39 is 0 Å². The van der Waals surface area contributed by atoms with Gasteiger partial charge in [-0.25, -0.2) is 0 Å². The summed E-state index contributed by atoms with van der Waals surface area (Å²) in [7, 11) is 0. The third-order valence-corrected chi connectivity index (χ3v) is 1.42. The highest BCUT2D eigenvalue weighted by Gasteiger charge is 2.01. The molecule has 0 saturated heterocycles. The average Bonchev–Trinajstić information content (AvgIpc) is 2.01. The van der Waals surface area contributed by atoms with Crippen LogP contribution >= 0.6 is 0 Å². The van der Waals surface area contributed by atoms with Gasteiger partial charge in [0.2, 0.25) is 5.91 Å². The molecule has 0 spiro atoms. The Morgan fingerprint density at radius 1 is 1.73 bits per heavy atom. The average molecular weight is 155 g/mol. The summed E-state index contributed by atoms with van der Waals surface area (Å²) in [6.45, 7) is 4.22. The summed E-state index contributed by atoms with van der Waals surface area (Å²) in [4.78, 5) is 10.7. The quantitative estimate of drug-likeness (QED) is 0.442. The van der Waals surface area contributed by atoms with Crippen LogP contribution in [0.15, 0.2) is 0 Å². The highest BCUT2D eigenvalue weighted by molar-refractivity contribution is 5.79. The fourth-order valence-electron chi connectivity index (χ4n) is 0.518. The molecule has 0 aromatic heterocycles. The van der Waals surface area contributed by atoms with Gasteiger partial charge in [-0.3, -0.25) is 10.1 Å². The molecule has 0 rings (SSSR count). The molecule has 0 radical (unpaired) electrons. The molecule has 0 fully saturated rings. The molecule has 1 amide bonds. The lowest BCUT2D eigenvalue weighted by atomic mass is 10.2. The van der Waals surface area contributed by atoms with Crippen LogP contribution in [0.1, 0.15) is 20.3 Å². The molecule has 1 unspecified atom stereocenters. The van der Waals surface area contributed by atoms with Gasteiger partial charge >= 0.3 is 0 Å². The van der Waals surface area contributed by atoms with Gasteiger partial charge < -0.3 is 5.32 Å².